The lowest BCUT2D eigenvalue weighted by Gasteiger charge is -2.30. The maximum absolute atomic E-state index is 2.38. The van der Waals surface area contributed by atoms with Gasteiger partial charge in [0, 0.05) is 24.8 Å². The fourth-order valence-corrected chi connectivity index (χ4v) is 2.87. The zero-order valence-corrected chi connectivity index (χ0v) is 11.1. The van der Waals surface area contributed by atoms with Crippen molar-refractivity contribution in [2.45, 2.75) is 26.2 Å². The third-order valence-corrected chi connectivity index (χ3v) is 3.78. The highest BCUT2D eigenvalue weighted by atomic mass is 15.1. The molecule has 3 rings (SSSR count). The van der Waals surface area contributed by atoms with Crippen molar-refractivity contribution in [3.63, 3.8) is 0 Å². The van der Waals surface area contributed by atoms with Crippen molar-refractivity contribution in [2.24, 2.45) is 0 Å². The van der Waals surface area contributed by atoms with Crippen LogP contribution in [0.2, 0.25) is 0 Å². The lowest BCUT2D eigenvalue weighted by Crippen LogP contribution is -2.18. The van der Waals surface area contributed by atoms with Crippen molar-refractivity contribution in [3.8, 4) is 0 Å². The van der Waals surface area contributed by atoms with E-state index in [9.17, 15) is 0 Å². The van der Waals surface area contributed by atoms with Crippen molar-refractivity contribution in [2.75, 3.05) is 11.9 Å². The zero-order chi connectivity index (χ0) is 12.5. The normalized spacial score (nSPS) is 13.1. The molecule has 0 saturated heterocycles. The third-order valence-electron chi connectivity index (χ3n) is 3.78. The minimum atomic E-state index is 1.06. The van der Waals surface area contributed by atoms with E-state index in [1.807, 2.05) is 0 Å². The Bertz CT molecular complexity index is 572. The van der Waals surface area contributed by atoms with Crippen LogP contribution in [0.1, 0.15) is 30.0 Å². The van der Waals surface area contributed by atoms with Crippen LogP contribution >= 0.6 is 0 Å². The predicted molar refractivity (Wildman–Crippen MR) is 77.7 cm³/mol. The van der Waals surface area contributed by atoms with E-state index >= 15 is 0 Å². The molecule has 1 nitrogen and oxygen atoms in total. The summed E-state index contributed by atoms with van der Waals surface area (Å²) >= 11 is 0. The molecule has 1 aliphatic rings. The van der Waals surface area contributed by atoms with Gasteiger partial charge in [0.05, 0.1) is 0 Å². The molecule has 0 aromatic heterocycles. The highest BCUT2D eigenvalue weighted by Gasteiger charge is 2.19. The summed E-state index contributed by atoms with van der Waals surface area (Å²) < 4.78 is 0. The van der Waals surface area contributed by atoms with Crippen LogP contribution in [0.15, 0.2) is 42.5 Å². The number of benzene rings is 2. The Labute approximate surface area is 109 Å². The Morgan fingerprint density at radius 2 is 1.78 bits per heavy atom. The van der Waals surface area contributed by atoms with E-state index in [1.165, 1.54) is 40.9 Å². The Hall–Kier alpha value is -1.76. The monoisotopic (exact) mass is 237 g/mol. The van der Waals surface area contributed by atoms with Gasteiger partial charge in [0.2, 0.25) is 0 Å². The molecule has 2 aromatic carbocycles. The van der Waals surface area contributed by atoms with E-state index in [4.69, 9.17) is 0 Å². The molecule has 1 heteroatoms. The molecule has 2 aromatic rings. The first-order chi connectivity index (χ1) is 8.79. The lowest BCUT2D eigenvalue weighted by atomic mass is 9.94. The molecule has 0 radical (unpaired) electrons. The van der Waals surface area contributed by atoms with Crippen molar-refractivity contribution in [1.82, 2.24) is 0 Å². The average Bonchev–Trinajstić information content (AvgIpc) is 2.39. The molecule has 0 N–H and O–H groups in total. The van der Waals surface area contributed by atoms with Crippen LogP contribution in [0.25, 0.3) is 0 Å². The second kappa shape index (κ2) is 4.49. The number of anilines is 2. The van der Waals surface area contributed by atoms with Crippen LogP contribution < -0.4 is 4.90 Å². The highest BCUT2D eigenvalue weighted by molar-refractivity contribution is 5.73. The van der Waals surface area contributed by atoms with Crippen LogP contribution in [-0.4, -0.2) is 7.05 Å². The van der Waals surface area contributed by atoms with E-state index in [2.05, 4.69) is 61.3 Å². The van der Waals surface area contributed by atoms with Gasteiger partial charge in [0.25, 0.3) is 0 Å². The number of hydrogen-bond donors (Lipinski definition) is 0. The van der Waals surface area contributed by atoms with E-state index in [0.717, 1.165) is 6.42 Å². The van der Waals surface area contributed by atoms with Crippen LogP contribution in [-0.2, 0) is 12.8 Å². The summed E-state index contributed by atoms with van der Waals surface area (Å²) in [5, 5.41) is 0. The summed E-state index contributed by atoms with van der Waals surface area (Å²) in [6, 6.07) is 15.6. The van der Waals surface area contributed by atoms with Gasteiger partial charge in [-0.2, -0.15) is 0 Å². The van der Waals surface area contributed by atoms with Crippen LogP contribution in [0.5, 0.6) is 0 Å². The molecule has 92 valence electrons. The SMILES string of the molecule is CCCc1ccc2c(c1)Cc1ccccc1N2C. The standard InChI is InChI=1S/C17H19N/c1-3-6-13-9-10-17-15(11-13)12-14-7-4-5-8-16(14)18(17)2/h4-5,7-11H,3,6,12H2,1-2H3. The first-order valence-electron chi connectivity index (χ1n) is 6.73. The second-order valence-electron chi connectivity index (χ2n) is 5.08. The first-order valence-corrected chi connectivity index (χ1v) is 6.73. The smallest absolute Gasteiger partial charge is 0.0444 e. The van der Waals surface area contributed by atoms with Gasteiger partial charge in [-0.05, 0) is 35.2 Å². The number of rotatable bonds is 2. The van der Waals surface area contributed by atoms with Crippen molar-refractivity contribution >= 4 is 11.4 Å². The largest absolute Gasteiger partial charge is 0.344 e. The summed E-state index contributed by atoms with van der Waals surface area (Å²) in [5.74, 6) is 0. The summed E-state index contributed by atoms with van der Waals surface area (Å²) in [4.78, 5) is 2.31. The predicted octanol–water partition coefficient (Wildman–Crippen LogP) is 4.31. The van der Waals surface area contributed by atoms with Gasteiger partial charge in [-0.15, -0.1) is 0 Å². The molecule has 0 atom stereocenters. The molecule has 0 amide bonds. The number of nitrogens with zero attached hydrogens (tertiary/aromatic N) is 1. The Balaban J connectivity index is 2.05. The van der Waals surface area contributed by atoms with Crippen LogP contribution in [0.3, 0.4) is 0 Å². The van der Waals surface area contributed by atoms with Crippen molar-refractivity contribution < 1.29 is 0 Å². The molecule has 0 saturated carbocycles. The molecule has 0 unspecified atom stereocenters. The van der Waals surface area contributed by atoms with Crippen molar-refractivity contribution in [1.29, 1.82) is 0 Å². The zero-order valence-electron chi connectivity index (χ0n) is 11.1. The third kappa shape index (κ3) is 1.80. The van der Waals surface area contributed by atoms with Gasteiger partial charge in [-0.25, -0.2) is 0 Å². The van der Waals surface area contributed by atoms with Gasteiger partial charge in [0.1, 0.15) is 0 Å². The number of aryl methyl sites for hydroxylation is 1. The molecular formula is C17H19N. The molecule has 1 heterocycles. The topological polar surface area (TPSA) is 3.24 Å². The fourth-order valence-electron chi connectivity index (χ4n) is 2.87. The van der Waals surface area contributed by atoms with Gasteiger partial charge in [-0.3, -0.25) is 0 Å². The van der Waals surface area contributed by atoms with E-state index in [-0.39, 0.29) is 0 Å². The molecule has 0 fully saturated rings. The van der Waals surface area contributed by atoms with E-state index in [1.54, 1.807) is 0 Å². The van der Waals surface area contributed by atoms with Gasteiger partial charge in [-0.1, -0.05) is 43.7 Å². The maximum Gasteiger partial charge on any atom is 0.0444 e. The molecule has 0 aliphatic carbocycles. The summed E-state index contributed by atoms with van der Waals surface area (Å²) in [7, 11) is 2.16. The second-order valence-corrected chi connectivity index (χ2v) is 5.08. The minimum Gasteiger partial charge on any atom is -0.344 e. The number of fused-ring (bicyclic) bond motifs is 2. The molecular weight excluding hydrogens is 218 g/mol. The molecule has 18 heavy (non-hydrogen) atoms. The highest BCUT2D eigenvalue weighted by Crippen LogP contribution is 2.37. The maximum atomic E-state index is 2.38. The average molecular weight is 237 g/mol. The Kier molecular flexibility index (Phi) is 2.83. The van der Waals surface area contributed by atoms with Crippen LogP contribution in [0.4, 0.5) is 11.4 Å². The minimum absolute atomic E-state index is 1.06. The number of para-hydroxylation sites is 1. The van der Waals surface area contributed by atoms with E-state index < -0.39 is 0 Å². The molecule has 1 aliphatic heterocycles. The molecule has 0 spiro atoms. The molecule has 0 bridgehead atoms. The van der Waals surface area contributed by atoms with E-state index in [0.29, 0.717) is 0 Å². The van der Waals surface area contributed by atoms with Gasteiger partial charge >= 0.3 is 0 Å². The Morgan fingerprint density at radius 3 is 2.61 bits per heavy atom. The lowest BCUT2D eigenvalue weighted by molar-refractivity contribution is 0.915. The number of hydrogen-bond acceptors (Lipinski definition) is 1. The van der Waals surface area contributed by atoms with Gasteiger partial charge < -0.3 is 4.90 Å². The van der Waals surface area contributed by atoms with Gasteiger partial charge in [0.15, 0.2) is 0 Å². The summed E-state index contributed by atoms with van der Waals surface area (Å²) in [6.07, 6.45) is 3.46. The quantitative estimate of drug-likeness (QED) is 0.752. The first kappa shape index (κ1) is 11.3. The van der Waals surface area contributed by atoms with Crippen molar-refractivity contribution in [3.05, 3.63) is 59.2 Å². The van der Waals surface area contributed by atoms with Crippen LogP contribution in [0, 0.1) is 0 Å². The fraction of sp³-hybridized carbons (Fsp3) is 0.294. The Morgan fingerprint density at radius 1 is 1.00 bits per heavy atom. The summed E-state index contributed by atoms with van der Waals surface area (Å²) in [6.45, 7) is 2.24. The summed E-state index contributed by atoms with van der Waals surface area (Å²) in [5.41, 5.74) is 7.05.